The summed E-state index contributed by atoms with van der Waals surface area (Å²) in [6.45, 7) is 4.15. The maximum absolute atomic E-state index is 13.1. The molecule has 3 aromatic rings. The fraction of sp³-hybridized carbons (Fsp3) is 0.259. The van der Waals surface area contributed by atoms with Crippen LogP contribution in [0.5, 0.6) is 5.75 Å². The van der Waals surface area contributed by atoms with Gasteiger partial charge in [0.05, 0.1) is 12.1 Å². The Hall–Kier alpha value is -3.60. The summed E-state index contributed by atoms with van der Waals surface area (Å²) in [5.41, 5.74) is 2.06. The lowest BCUT2D eigenvalue weighted by molar-refractivity contribution is -0.136. The number of carbonyl (C=O) groups is 2. The Morgan fingerprint density at radius 1 is 0.812 bits per heavy atom. The highest BCUT2D eigenvalue weighted by atomic mass is 16.5. The van der Waals surface area contributed by atoms with E-state index in [1.807, 2.05) is 105 Å². The molecule has 5 heteroatoms. The minimum absolute atomic E-state index is 0.0801. The van der Waals surface area contributed by atoms with Gasteiger partial charge in [0.25, 0.3) is 5.91 Å². The van der Waals surface area contributed by atoms with Gasteiger partial charge in [0, 0.05) is 13.0 Å². The Kier molecular flexibility index (Phi) is 8.44. The molecule has 0 radical (unpaired) electrons. The number of amides is 2. The molecule has 2 amide bonds. The molecular formula is C27H30N2O3. The summed E-state index contributed by atoms with van der Waals surface area (Å²) in [6.07, 6.45) is 0.214. The van der Waals surface area contributed by atoms with Crippen molar-refractivity contribution in [3.05, 3.63) is 102 Å². The molecule has 0 bridgehead atoms. The number of nitrogens with one attached hydrogen (secondary N) is 1. The molecule has 0 aromatic heterocycles. The Bertz CT molecular complexity index is 978. The lowest BCUT2D eigenvalue weighted by Crippen LogP contribution is -2.40. The Morgan fingerprint density at radius 3 is 1.94 bits per heavy atom. The van der Waals surface area contributed by atoms with E-state index in [1.165, 1.54) is 0 Å². The summed E-state index contributed by atoms with van der Waals surface area (Å²) in [5.74, 6) is 0.389. The lowest BCUT2D eigenvalue weighted by Gasteiger charge is -2.30. The summed E-state index contributed by atoms with van der Waals surface area (Å²) < 4.78 is 5.67. The van der Waals surface area contributed by atoms with Crippen molar-refractivity contribution in [3.8, 4) is 5.75 Å². The van der Waals surface area contributed by atoms with Gasteiger partial charge < -0.3 is 15.0 Å². The van der Waals surface area contributed by atoms with Crippen LogP contribution >= 0.6 is 0 Å². The van der Waals surface area contributed by atoms with Gasteiger partial charge in [0.15, 0.2) is 6.61 Å². The van der Waals surface area contributed by atoms with Gasteiger partial charge in [-0.1, -0.05) is 78.9 Å². The summed E-state index contributed by atoms with van der Waals surface area (Å²) in [5, 5.41) is 3.02. The largest absolute Gasteiger partial charge is 0.484 e. The number of hydrogen-bond acceptors (Lipinski definition) is 3. The van der Waals surface area contributed by atoms with Crippen LogP contribution in [0.2, 0.25) is 0 Å². The lowest BCUT2D eigenvalue weighted by atomic mass is 10.1. The molecule has 3 aromatic carbocycles. The van der Waals surface area contributed by atoms with E-state index in [2.05, 4.69) is 5.32 Å². The van der Waals surface area contributed by atoms with Crippen LogP contribution in [0.15, 0.2) is 91.0 Å². The van der Waals surface area contributed by atoms with Crippen molar-refractivity contribution in [2.75, 3.05) is 13.2 Å². The van der Waals surface area contributed by atoms with Crippen LogP contribution < -0.4 is 10.1 Å². The SMILES string of the molecule is CC(NC(=O)CCN(C(=O)COc1ccccc1)C(C)c1ccccc1)c1ccccc1. The average Bonchev–Trinajstić information content (AvgIpc) is 2.84. The molecule has 0 heterocycles. The van der Waals surface area contributed by atoms with Crippen molar-refractivity contribution in [2.24, 2.45) is 0 Å². The van der Waals surface area contributed by atoms with Crippen LogP contribution in [0.4, 0.5) is 0 Å². The molecule has 3 rings (SSSR count). The van der Waals surface area contributed by atoms with Crippen LogP contribution in [0, 0.1) is 0 Å². The number of rotatable bonds is 10. The molecule has 166 valence electrons. The van der Waals surface area contributed by atoms with E-state index < -0.39 is 0 Å². The molecule has 0 saturated heterocycles. The summed E-state index contributed by atoms with van der Waals surface area (Å²) in [6, 6.07) is 28.6. The van der Waals surface area contributed by atoms with E-state index in [4.69, 9.17) is 4.74 Å². The van der Waals surface area contributed by atoms with Crippen molar-refractivity contribution < 1.29 is 14.3 Å². The topological polar surface area (TPSA) is 58.6 Å². The van der Waals surface area contributed by atoms with Gasteiger partial charge in [-0.2, -0.15) is 0 Å². The van der Waals surface area contributed by atoms with Crippen molar-refractivity contribution >= 4 is 11.8 Å². The normalized spacial score (nSPS) is 12.4. The van der Waals surface area contributed by atoms with Gasteiger partial charge in [-0.3, -0.25) is 9.59 Å². The highest BCUT2D eigenvalue weighted by molar-refractivity contribution is 5.80. The predicted octanol–water partition coefficient (Wildman–Crippen LogP) is 4.92. The minimum atomic E-state index is -0.178. The first-order chi connectivity index (χ1) is 15.5. The Morgan fingerprint density at radius 2 is 1.34 bits per heavy atom. The quantitative estimate of drug-likeness (QED) is 0.497. The molecular weight excluding hydrogens is 400 g/mol. The van der Waals surface area contributed by atoms with E-state index in [9.17, 15) is 9.59 Å². The monoisotopic (exact) mass is 430 g/mol. The third-order valence-corrected chi connectivity index (χ3v) is 5.43. The van der Waals surface area contributed by atoms with E-state index in [0.29, 0.717) is 12.3 Å². The van der Waals surface area contributed by atoms with E-state index in [1.54, 1.807) is 4.90 Å². The molecule has 0 saturated carbocycles. The summed E-state index contributed by atoms with van der Waals surface area (Å²) in [7, 11) is 0. The first-order valence-corrected chi connectivity index (χ1v) is 10.9. The highest BCUT2D eigenvalue weighted by Crippen LogP contribution is 2.21. The predicted molar refractivity (Wildman–Crippen MR) is 126 cm³/mol. The first kappa shape index (κ1) is 23.1. The van der Waals surface area contributed by atoms with E-state index in [-0.39, 0.29) is 36.9 Å². The second-order valence-corrected chi connectivity index (χ2v) is 7.73. The number of benzene rings is 3. The highest BCUT2D eigenvalue weighted by Gasteiger charge is 2.23. The van der Waals surface area contributed by atoms with E-state index in [0.717, 1.165) is 11.1 Å². The Labute approximate surface area is 190 Å². The minimum Gasteiger partial charge on any atom is -0.484 e. The number of hydrogen-bond donors (Lipinski definition) is 1. The van der Waals surface area contributed by atoms with Crippen molar-refractivity contribution in [1.82, 2.24) is 10.2 Å². The Balaban J connectivity index is 1.63. The molecule has 2 atom stereocenters. The zero-order valence-corrected chi connectivity index (χ0v) is 18.6. The zero-order chi connectivity index (χ0) is 22.8. The second kappa shape index (κ2) is 11.7. The maximum atomic E-state index is 13.1. The summed E-state index contributed by atoms with van der Waals surface area (Å²) in [4.78, 5) is 27.4. The molecule has 32 heavy (non-hydrogen) atoms. The smallest absolute Gasteiger partial charge is 0.261 e. The number of para-hydroxylation sites is 1. The third-order valence-electron chi connectivity index (χ3n) is 5.43. The van der Waals surface area contributed by atoms with Crippen LogP contribution in [0.25, 0.3) is 0 Å². The molecule has 0 aliphatic heterocycles. The fourth-order valence-corrected chi connectivity index (χ4v) is 3.55. The number of ether oxygens (including phenoxy) is 1. The molecule has 5 nitrogen and oxygen atoms in total. The van der Waals surface area contributed by atoms with E-state index >= 15 is 0 Å². The molecule has 0 spiro atoms. The zero-order valence-electron chi connectivity index (χ0n) is 18.6. The van der Waals surface area contributed by atoms with Crippen LogP contribution in [0.1, 0.15) is 43.5 Å². The van der Waals surface area contributed by atoms with Gasteiger partial charge in [-0.25, -0.2) is 0 Å². The molecule has 0 fully saturated rings. The third kappa shape index (κ3) is 6.71. The summed E-state index contributed by atoms with van der Waals surface area (Å²) >= 11 is 0. The molecule has 1 N–H and O–H groups in total. The van der Waals surface area contributed by atoms with Crippen molar-refractivity contribution in [3.63, 3.8) is 0 Å². The fourth-order valence-electron chi connectivity index (χ4n) is 3.55. The van der Waals surface area contributed by atoms with Gasteiger partial charge in [0.1, 0.15) is 5.75 Å². The van der Waals surface area contributed by atoms with Gasteiger partial charge in [-0.05, 0) is 37.1 Å². The molecule has 2 unspecified atom stereocenters. The average molecular weight is 431 g/mol. The van der Waals surface area contributed by atoms with Gasteiger partial charge in [-0.15, -0.1) is 0 Å². The molecule has 0 aliphatic carbocycles. The number of nitrogens with zero attached hydrogens (tertiary/aromatic N) is 1. The van der Waals surface area contributed by atoms with Gasteiger partial charge in [0.2, 0.25) is 5.91 Å². The van der Waals surface area contributed by atoms with Crippen molar-refractivity contribution in [2.45, 2.75) is 32.4 Å². The molecule has 0 aliphatic rings. The van der Waals surface area contributed by atoms with Gasteiger partial charge >= 0.3 is 0 Å². The van der Waals surface area contributed by atoms with Crippen LogP contribution in [-0.2, 0) is 9.59 Å². The van der Waals surface area contributed by atoms with Crippen molar-refractivity contribution in [1.29, 1.82) is 0 Å². The van der Waals surface area contributed by atoms with Crippen LogP contribution in [0.3, 0.4) is 0 Å². The second-order valence-electron chi connectivity index (χ2n) is 7.73. The maximum Gasteiger partial charge on any atom is 0.261 e. The standard InChI is InChI=1S/C27H30N2O3/c1-21(23-12-6-3-7-13-23)28-26(30)18-19-29(22(2)24-14-8-4-9-15-24)27(31)20-32-25-16-10-5-11-17-25/h3-17,21-22H,18-20H2,1-2H3,(H,28,30). The first-order valence-electron chi connectivity index (χ1n) is 10.9. The number of carbonyl (C=O) groups excluding carboxylic acids is 2. The van der Waals surface area contributed by atoms with Crippen LogP contribution in [-0.4, -0.2) is 29.9 Å².